The van der Waals surface area contributed by atoms with Crippen molar-refractivity contribution in [3.63, 3.8) is 0 Å². The van der Waals surface area contributed by atoms with Crippen LogP contribution >= 0.6 is 11.8 Å². The van der Waals surface area contributed by atoms with Crippen LogP contribution in [0, 0.1) is 11.3 Å². The number of hydrogen-bond donors (Lipinski definition) is 0. The van der Waals surface area contributed by atoms with Crippen LogP contribution in [-0.4, -0.2) is 5.75 Å². The third-order valence-corrected chi connectivity index (χ3v) is 2.67. The molecule has 0 aromatic heterocycles. The van der Waals surface area contributed by atoms with Gasteiger partial charge < -0.3 is 0 Å². The second-order valence-electron chi connectivity index (χ2n) is 2.75. The van der Waals surface area contributed by atoms with Crippen LogP contribution < -0.4 is 0 Å². The lowest BCUT2D eigenvalue weighted by atomic mass is 10.1. The average Bonchev–Trinajstić information content (AvgIpc) is 2.17. The second kappa shape index (κ2) is 4.58. The number of alkyl halides is 3. The first-order valence-corrected chi connectivity index (χ1v) is 5.21. The summed E-state index contributed by atoms with van der Waals surface area (Å²) in [6, 6.07) is 5.03. The summed E-state index contributed by atoms with van der Waals surface area (Å²) in [4.78, 5) is 0.384. The molecule has 0 atom stereocenters. The number of nitriles is 1. The smallest absolute Gasteiger partial charge is 0.192 e. The molecule has 1 aromatic rings. The molecule has 0 heterocycles. The lowest BCUT2D eigenvalue weighted by Gasteiger charge is -2.09. The maximum atomic E-state index is 12.4. The zero-order chi connectivity index (χ0) is 11.5. The molecule has 0 unspecified atom stereocenters. The minimum absolute atomic E-state index is 0.287. The number of benzene rings is 1. The molecule has 0 N–H and O–H groups in total. The Morgan fingerprint density at radius 3 is 2.53 bits per heavy atom. The molecule has 1 nitrogen and oxygen atoms in total. The van der Waals surface area contributed by atoms with Crippen molar-refractivity contribution >= 4 is 11.8 Å². The molecule has 0 aliphatic rings. The molecule has 1 rings (SSSR count). The van der Waals surface area contributed by atoms with Gasteiger partial charge in [0.15, 0.2) is 0 Å². The second-order valence-corrected chi connectivity index (χ2v) is 4.06. The van der Waals surface area contributed by atoms with Crippen molar-refractivity contribution in [1.82, 2.24) is 0 Å². The Hall–Kier alpha value is -1.15. The van der Waals surface area contributed by atoms with E-state index in [1.165, 1.54) is 17.8 Å². The molecule has 0 aliphatic heterocycles. The summed E-state index contributed by atoms with van der Waals surface area (Å²) in [5.41, 5.74) is -0.424. The minimum atomic E-state index is -4.35. The van der Waals surface area contributed by atoms with E-state index in [0.717, 1.165) is 12.1 Å². The van der Waals surface area contributed by atoms with Gasteiger partial charge in [0.2, 0.25) is 0 Å². The summed E-state index contributed by atoms with van der Waals surface area (Å²) >= 11 is 1.23. The highest BCUT2D eigenvalue weighted by atomic mass is 32.2. The van der Waals surface area contributed by atoms with E-state index in [0.29, 0.717) is 10.6 Å². The minimum Gasteiger partial charge on any atom is -0.192 e. The number of hydrogen-bond acceptors (Lipinski definition) is 2. The Kier molecular flexibility index (Phi) is 3.64. The molecule has 0 amide bonds. The summed E-state index contributed by atoms with van der Waals surface area (Å²) in [5.74, 6) is 0.635. The Balaban J connectivity index is 3.17. The predicted molar refractivity (Wildman–Crippen MR) is 52.6 cm³/mol. The van der Waals surface area contributed by atoms with Crippen LogP contribution in [0.25, 0.3) is 0 Å². The van der Waals surface area contributed by atoms with E-state index in [4.69, 9.17) is 5.26 Å². The van der Waals surface area contributed by atoms with Crippen LogP contribution in [0.2, 0.25) is 0 Å². The molecular weight excluding hydrogens is 223 g/mol. The van der Waals surface area contributed by atoms with Crippen LogP contribution in [0.4, 0.5) is 13.2 Å². The van der Waals surface area contributed by atoms with Crippen LogP contribution in [-0.2, 0) is 6.18 Å². The molecule has 0 saturated carbocycles. The summed E-state index contributed by atoms with van der Waals surface area (Å²) in [6.07, 6.45) is -4.35. The van der Waals surface area contributed by atoms with Gasteiger partial charge in [-0.05, 0) is 24.0 Å². The SMILES string of the molecule is CCSc1cc(C(F)(F)F)ccc1C#N. The number of rotatable bonds is 2. The monoisotopic (exact) mass is 231 g/mol. The van der Waals surface area contributed by atoms with Crippen molar-refractivity contribution < 1.29 is 13.2 Å². The highest BCUT2D eigenvalue weighted by Gasteiger charge is 2.30. The van der Waals surface area contributed by atoms with Gasteiger partial charge >= 0.3 is 6.18 Å². The van der Waals surface area contributed by atoms with Gasteiger partial charge in [0.05, 0.1) is 11.1 Å². The van der Waals surface area contributed by atoms with Crippen molar-refractivity contribution in [2.24, 2.45) is 0 Å². The lowest BCUT2D eigenvalue weighted by Crippen LogP contribution is -2.05. The zero-order valence-electron chi connectivity index (χ0n) is 7.93. The maximum Gasteiger partial charge on any atom is 0.416 e. The molecular formula is C10H8F3NS. The predicted octanol–water partition coefficient (Wildman–Crippen LogP) is 3.69. The Bertz CT molecular complexity index is 393. The van der Waals surface area contributed by atoms with Gasteiger partial charge in [-0.2, -0.15) is 18.4 Å². The van der Waals surface area contributed by atoms with E-state index >= 15 is 0 Å². The Labute approximate surface area is 89.9 Å². The summed E-state index contributed by atoms with van der Waals surface area (Å²) < 4.78 is 37.1. The molecule has 5 heteroatoms. The Morgan fingerprint density at radius 1 is 1.40 bits per heavy atom. The van der Waals surface area contributed by atoms with Crippen LogP contribution in [0.15, 0.2) is 23.1 Å². The fraction of sp³-hybridized carbons (Fsp3) is 0.300. The molecule has 0 saturated heterocycles. The molecule has 0 radical (unpaired) electrons. The van der Waals surface area contributed by atoms with Crippen molar-refractivity contribution in [3.8, 4) is 6.07 Å². The Morgan fingerprint density at radius 2 is 2.07 bits per heavy atom. The standard InChI is InChI=1S/C10H8F3NS/c1-2-15-9-5-8(10(11,12)13)4-3-7(9)6-14/h3-5H,2H2,1H3. The third kappa shape index (κ3) is 2.90. The lowest BCUT2D eigenvalue weighted by molar-refractivity contribution is -0.137. The van der Waals surface area contributed by atoms with Crippen LogP contribution in [0.5, 0.6) is 0 Å². The van der Waals surface area contributed by atoms with Gasteiger partial charge in [0.25, 0.3) is 0 Å². The van der Waals surface area contributed by atoms with E-state index in [2.05, 4.69) is 0 Å². The van der Waals surface area contributed by atoms with Crippen molar-refractivity contribution in [3.05, 3.63) is 29.3 Å². The van der Waals surface area contributed by atoms with Gasteiger partial charge in [-0.15, -0.1) is 11.8 Å². The first-order valence-electron chi connectivity index (χ1n) is 4.23. The fourth-order valence-electron chi connectivity index (χ4n) is 1.07. The molecule has 0 spiro atoms. The van der Waals surface area contributed by atoms with E-state index in [1.807, 2.05) is 13.0 Å². The van der Waals surface area contributed by atoms with E-state index < -0.39 is 11.7 Å². The molecule has 0 bridgehead atoms. The highest BCUT2D eigenvalue weighted by molar-refractivity contribution is 7.99. The van der Waals surface area contributed by atoms with Gasteiger partial charge in [-0.1, -0.05) is 6.92 Å². The summed E-state index contributed by atoms with van der Waals surface area (Å²) in [6.45, 7) is 1.83. The van der Waals surface area contributed by atoms with Crippen molar-refractivity contribution in [2.75, 3.05) is 5.75 Å². The summed E-state index contributed by atoms with van der Waals surface area (Å²) in [7, 11) is 0. The van der Waals surface area contributed by atoms with Gasteiger partial charge in [-0.3, -0.25) is 0 Å². The van der Waals surface area contributed by atoms with E-state index in [9.17, 15) is 13.2 Å². The average molecular weight is 231 g/mol. The van der Waals surface area contributed by atoms with E-state index in [1.54, 1.807) is 0 Å². The zero-order valence-corrected chi connectivity index (χ0v) is 8.75. The first kappa shape index (κ1) is 11.9. The topological polar surface area (TPSA) is 23.8 Å². The maximum absolute atomic E-state index is 12.4. The van der Waals surface area contributed by atoms with Crippen molar-refractivity contribution in [2.45, 2.75) is 18.0 Å². The highest BCUT2D eigenvalue weighted by Crippen LogP contribution is 2.33. The normalized spacial score (nSPS) is 11.1. The first-order chi connectivity index (χ1) is 6.99. The number of thioether (sulfide) groups is 1. The number of halogens is 3. The van der Waals surface area contributed by atoms with Crippen LogP contribution in [0.1, 0.15) is 18.1 Å². The number of nitrogens with zero attached hydrogens (tertiary/aromatic N) is 1. The van der Waals surface area contributed by atoms with Gasteiger partial charge in [-0.25, -0.2) is 0 Å². The third-order valence-electron chi connectivity index (χ3n) is 1.73. The van der Waals surface area contributed by atoms with E-state index in [-0.39, 0.29) is 5.56 Å². The molecule has 0 aliphatic carbocycles. The molecule has 80 valence electrons. The molecule has 1 aromatic carbocycles. The molecule has 15 heavy (non-hydrogen) atoms. The van der Waals surface area contributed by atoms with Crippen LogP contribution in [0.3, 0.4) is 0 Å². The van der Waals surface area contributed by atoms with Crippen molar-refractivity contribution in [1.29, 1.82) is 5.26 Å². The molecule has 0 fully saturated rings. The van der Waals surface area contributed by atoms with Gasteiger partial charge in [0.1, 0.15) is 6.07 Å². The summed E-state index contributed by atoms with van der Waals surface area (Å²) in [5, 5.41) is 8.69. The fourth-order valence-corrected chi connectivity index (χ4v) is 1.86. The van der Waals surface area contributed by atoms with Gasteiger partial charge in [0, 0.05) is 4.90 Å². The quantitative estimate of drug-likeness (QED) is 0.725. The largest absolute Gasteiger partial charge is 0.416 e.